The number of likely N-dealkylation sites (tertiary alicyclic amines) is 1. The summed E-state index contributed by atoms with van der Waals surface area (Å²) in [6.45, 7) is 6.22. The van der Waals surface area contributed by atoms with Gasteiger partial charge in [0.05, 0.1) is 12.1 Å². The van der Waals surface area contributed by atoms with Crippen LogP contribution in [0.3, 0.4) is 0 Å². The van der Waals surface area contributed by atoms with Crippen LogP contribution in [0.5, 0.6) is 0 Å². The van der Waals surface area contributed by atoms with Crippen molar-refractivity contribution in [1.29, 1.82) is 0 Å². The zero-order valence-electron chi connectivity index (χ0n) is 15.8. The highest BCUT2D eigenvalue weighted by Gasteiger charge is 2.43. The predicted octanol–water partition coefficient (Wildman–Crippen LogP) is 1.04. The number of likely N-dealkylation sites (N-methyl/N-ethyl adjacent to an activating group) is 1. The molecular weight excluding hydrogens is 337 g/mol. The lowest BCUT2D eigenvalue weighted by atomic mass is 9.86. The summed E-state index contributed by atoms with van der Waals surface area (Å²) in [5, 5.41) is 15.8. The zero-order valence-corrected chi connectivity index (χ0v) is 15.8. The van der Waals surface area contributed by atoms with Gasteiger partial charge in [0.2, 0.25) is 11.8 Å². The van der Waals surface area contributed by atoms with Crippen LogP contribution in [0, 0.1) is 11.2 Å². The van der Waals surface area contributed by atoms with Gasteiger partial charge in [-0.15, -0.1) is 0 Å². The van der Waals surface area contributed by atoms with Gasteiger partial charge in [-0.05, 0) is 30.2 Å². The molecule has 2 rings (SSSR count). The van der Waals surface area contributed by atoms with E-state index in [2.05, 4.69) is 10.6 Å². The standard InChI is InChI=1S/C19H28FN3O3/c1-19(2,3)16(21-4)18(26)23-11-14(24)9-15(23)17(25)22-10-12-5-7-13(20)8-6-12/h5-8,14-16,21,24H,9-11H2,1-4H3,(H,22,25)/t14-,15+,16+/m1/s1. The Labute approximate surface area is 153 Å². The number of nitrogens with zero attached hydrogens (tertiary/aromatic N) is 1. The molecule has 144 valence electrons. The SMILES string of the molecule is CN[C@@H](C(=O)N1C[C@H](O)C[C@H]1C(=O)NCc1ccc(F)cc1)C(C)(C)C. The number of nitrogens with one attached hydrogen (secondary N) is 2. The summed E-state index contributed by atoms with van der Waals surface area (Å²) in [5.41, 5.74) is 0.438. The molecule has 26 heavy (non-hydrogen) atoms. The van der Waals surface area contributed by atoms with Crippen molar-refractivity contribution in [2.75, 3.05) is 13.6 Å². The van der Waals surface area contributed by atoms with Gasteiger partial charge in [0.15, 0.2) is 0 Å². The lowest BCUT2D eigenvalue weighted by Crippen LogP contribution is -2.55. The molecule has 0 saturated carbocycles. The summed E-state index contributed by atoms with van der Waals surface area (Å²) in [5.74, 6) is -0.850. The smallest absolute Gasteiger partial charge is 0.243 e. The molecule has 3 atom stereocenters. The fraction of sp³-hybridized carbons (Fsp3) is 0.579. The minimum absolute atomic E-state index is 0.141. The number of aliphatic hydroxyl groups is 1. The summed E-state index contributed by atoms with van der Waals surface area (Å²) in [4.78, 5) is 27.0. The second-order valence-corrected chi connectivity index (χ2v) is 7.83. The van der Waals surface area contributed by atoms with Crippen LogP contribution in [0.25, 0.3) is 0 Å². The van der Waals surface area contributed by atoms with Crippen molar-refractivity contribution < 1.29 is 19.1 Å². The minimum Gasteiger partial charge on any atom is -0.391 e. The lowest BCUT2D eigenvalue weighted by molar-refractivity contribution is -0.142. The van der Waals surface area contributed by atoms with Crippen molar-refractivity contribution >= 4 is 11.8 Å². The number of hydrogen-bond donors (Lipinski definition) is 3. The molecule has 7 heteroatoms. The molecule has 1 aliphatic heterocycles. The Morgan fingerprint density at radius 1 is 1.31 bits per heavy atom. The van der Waals surface area contributed by atoms with E-state index in [0.717, 1.165) is 5.56 Å². The highest BCUT2D eigenvalue weighted by molar-refractivity contribution is 5.91. The first-order valence-corrected chi connectivity index (χ1v) is 8.81. The lowest BCUT2D eigenvalue weighted by Gasteiger charge is -2.34. The van der Waals surface area contributed by atoms with Crippen molar-refractivity contribution in [3.63, 3.8) is 0 Å². The van der Waals surface area contributed by atoms with E-state index >= 15 is 0 Å². The van der Waals surface area contributed by atoms with Gasteiger partial charge in [0.25, 0.3) is 0 Å². The molecule has 2 amide bonds. The van der Waals surface area contributed by atoms with Crippen molar-refractivity contribution in [3.8, 4) is 0 Å². The third-order valence-corrected chi connectivity index (χ3v) is 4.65. The van der Waals surface area contributed by atoms with Crippen LogP contribution in [0.1, 0.15) is 32.8 Å². The van der Waals surface area contributed by atoms with Crippen molar-refractivity contribution in [1.82, 2.24) is 15.5 Å². The van der Waals surface area contributed by atoms with Gasteiger partial charge in [0.1, 0.15) is 11.9 Å². The van der Waals surface area contributed by atoms with Gasteiger partial charge >= 0.3 is 0 Å². The monoisotopic (exact) mass is 365 g/mol. The first-order chi connectivity index (χ1) is 12.1. The molecule has 0 spiro atoms. The maximum atomic E-state index is 13.0. The summed E-state index contributed by atoms with van der Waals surface area (Å²) < 4.78 is 13.0. The molecule has 0 bridgehead atoms. The van der Waals surface area contributed by atoms with Crippen LogP contribution in [0.15, 0.2) is 24.3 Å². The highest BCUT2D eigenvalue weighted by atomic mass is 19.1. The first-order valence-electron chi connectivity index (χ1n) is 8.81. The first kappa shape index (κ1) is 20.3. The van der Waals surface area contributed by atoms with Crippen molar-refractivity contribution in [3.05, 3.63) is 35.6 Å². The molecule has 1 aromatic carbocycles. The Morgan fingerprint density at radius 2 is 1.92 bits per heavy atom. The van der Waals surface area contributed by atoms with Gasteiger partial charge in [0, 0.05) is 19.5 Å². The van der Waals surface area contributed by atoms with Crippen LogP contribution < -0.4 is 10.6 Å². The number of carbonyl (C=O) groups excluding carboxylic acids is 2. The molecule has 1 aromatic rings. The van der Waals surface area contributed by atoms with Crippen LogP contribution in [0.2, 0.25) is 0 Å². The van der Waals surface area contributed by atoms with Crippen LogP contribution in [-0.4, -0.2) is 53.6 Å². The molecule has 1 fully saturated rings. The Bertz CT molecular complexity index is 642. The fourth-order valence-electron chi connectivity index (χ4n) is 3.31. The molecule has 1 aliphatic rings. The van der Waals surface area contributed by atoms with E-state index in [0.29, 0.717) is 0 Å². The van der Waals surface area contributed by atoms with Crippen LogP contribution in [-0.2, 0) is 16.1 Å². The number of aliphatic hydroxyl groups excluding tert-OH is 1. The van der Waals surface area contributed by atoms with E-state index in [4.69, 9.17) is 0 Å². The number of rotatable bonds is 5. The van der Waals surface area contributed by atoms with Gasteiger partial charge in [-0.1, -0.05) is 32.9 Å². The Morgan fingerprint density at radius 3 is 2.46 bits per heavy atom. The van der Waals surface area contributed by atoms with E-state index in [-0.39, 0.29) is 42.6 Å². The Balaban J connectivity index is 2.06. The number of halogens is 1. The molecule has 0 radical (unpaired) electrons. The van der Waals surface area contributed by atoms with Gasteiger partial charge < -0.3 is 20.6 Å². The average Bonchev–Trinajstić information content (AvgIpc) is 2.95. The molecule has 1 heterocycles. The number of benzene rings is 1. The molecule has 3 N–H and O–H groups in total. The maximum Gasteiger partial charge on any atom is 0.243 e. The normalized spacial score (nSPS) is 21.5. The second kappa shape index (κ2) is 8.14. The van der Waals surface area contributed by atoms with Gasteiger partial charge in [-0.25, -0.2) is 4.39 Å². The predicted molar refractivity (Wildman–Crippen MR) is 96.7 cm³/mol. The fourth-order valence-corrected chi connectivity index (χ4v) is 3.31. The van der Waals surface area contributed by atoms with Crippen molar-refractivity contribution in [2.24, 2.45) is 5.41 Å². The van der Waals surface area contributed by atoms with Gasteiger partial charge in [-0.2, -0.15) is 0 Å². The maximum absolute atomic E-state index is 13.0. The summed E-state index contributed by atoms with van der Waals surface area (Å²) in [7, 11) is 1.71. The molecular formula is C19H28FN3O3. The third kappa shape index (κ3) is 4.80. The molecule has 0 unspecified atom stereocenters. The van der Waals surface area contributed by atoms with E-state index in [1.807, 2.05) is 20.8 Å². The largest absolute Gasteiger partial charge is 0.391 e. The molecule has 1 saturated heterocycles. The quantitative estimate of drug-likeness (QED) is 0.728. The number of hydrogen-bond acceptors (Lipinski definition) is 4. The van der Waals surface area contributed by atoms with E-state index in [1.165, 1.54) is 17.0 Å². The second-order valence-electron chi connectivity index (χ2n) is 7.83. The Kier molecular flexibility index (Phi) is 6.36. The van der Waals surface area contributed by atoms with E-state index in [9.17, 15) is 19.1 Å². The Hall–Kier alpha value is -1.99. The van der Waals surface area contributed by atoms with E-state index < -0.39 is 18.2 Å². The highest BCUT2D eigenvalue weighted by Crippen LogP contribution is 2.25. The zero-order chi connectivity index (χ0) is 19.5. The molecule has 0 aromatic heterocycles. The number of β-amino-alcohol motifs (C(OH)–C–C–N with tert-alkyl or cyclic N) is 1. The van der Waals surface area contributed by atoms with Gasteiger partial charge in [-0.3, -0.25) is 9.59 Å². The van der Waals surface area contributed by atoms with Crippen LogP contribution >= 0.6 is 0 Å². The summed E-state index contributed by atoms with van der Waals surface area (Å²) >= 11 is 0. The minimum atomic E-state index is -0.724. The van der Waals surface area contributed by atoms with Crippen molar-refractivity contribution in [2.45, 2.75) is 51.9 Å². The van der Waals surface area contributed by atoms with Crippen LogP contribution in [0.4, 0.5) is 4.39 Å². The summed E-state index contributed by atoms with van der Waals surface area (Å²) in [6.07, 6.45) is -0.514. The third-order valence-electron chi connectivity index (χ3n) is 4.65. The molecule has 0 aliphatic carbocycles. The molecule has 6 nitrogen and oxygen atoms in total. The number of carbonyl (C=O) groups is 2. The summed E-state index contributed by atoms with van der Waals surface area (Å²) in [6, 6.07) is 4.68. The average molecular weight is 365 g/mol. The topological polar surface area (TPSA) is 81.7 Å². The van der Waals surface area contributed by atoms with E-state index in [1.54, 1.807) is 19.2 Å². The number of amides is 2.